The highest BCUT2D eigenvalue weighted by Gasteiger charge is 2.16. The van der Waals surface area contributed by atoms with E-state index in [1.165, 1.54) is 0 Å². The molecular formula is C18H20ClN3O2. The summed E-state index contributed by atoms with van der Waals surface area (Å²) in [6.45, 7) is 6.46. The minimum absolute atomic E-state index is 0.117. The number of oxazole rings is 1. The third kappa shape index (κ3) is 3.23. The lowest BCUT2D eigenvalue weighted by atomic mass is 10.1. The second-order valence-corrected chi connectivity index (χ2v) is 6.25. The molecule has 0 unspecified atom stereocenters. The maximum Gasteiger partial charge on any atom is 0.216 e. The first-order chi connectivity index (χ1) is 11.5. The van der Waals surface area contributed by atoms with E-state index in [4.69, 9.17) is 16.0 Å². The van der Waals surface area contributed by atoms with Crippen molar-refractivity contribution in [1.82, 2.24) is 14.8 Å². The van der Waals surface area contributed by atoms with Gasteiger partial charge >= 0.3 is 0 Å². The van der Waals surface area contributed by atoms with Crippen LogP contribution in [0.5, 0.6) is 0 Å². The summed E-state index contributed by atoms with van der Waals surface area (Å²) in [6.07, 6.45) is 0.609. The fourth-order valence-corrected chi connectivity index (χ4v) is 3.00. The van der Waals surface area contributed by atoms with Crippen molar-refractivity contribution in [2.75, 3.05) is 6.61 Å². The summed E-state index contributed by atoms with van der Waals surface area (Å²) in [5.41, 5.74) is 4.83. The Morgan fingerprint density at radius 1 is 1.12 bits per heavy atom. The van der Waals surface area contributed by atoms with Crippen LogP contribution < -0.4 is 0 Å². The molecule has 2 heterocycles. The molecule has 3 rings (SSSR count). The Kier molecular flexibility index (Phi) is 4.73. The quantitative estimate of drug-likeness (QED) is 0.765. The van der Waals surface area contributed by atoms with Crippen LogP contribution in [0.15, 0.2) is 28.7 Å². The van der Waals surface area contributed by atoms with E-state index in [1.807, 2.05) is 49.7 Å². The van der Waals surface area contributed by atoms with Gasteiger partial charge in [-0.1, -0.05) is 11.6 Å². The fourth-order valence-electron chi connectivity index (χ4n) is 2.88. The second kappa shape index (κ2) is 6.79. The summed E-state index contributed by atoms with van der Waals surface area (Å²) in [7, 11) is 0. The highest BCUT2D eigenvalue weighted by atomic mass is 35.5. The Labute approximate surface area is 145 Å². The largest absolute Gasteiger partial charge is 0.438 e. The minimum atomic E-state index is 0.117. The first kappa shape index (κ1) is 16.7. The van der Waals surface area contributed by atoms with E-state index in [0.29, 0.717) is 23.9 Å². The monoisotopic (exact) mass is 345 g/mol. The van der Waals surface area contributed by atoms with Crippen molar-refractivity contribution in [3.63, 3.8) is 0 Å². The van der Waals surface area contributed by atoms with Crippen LogP contribution in [0.2, 0.25) is 5.02 Å². The normalized spacial score (nSPS) is 11.2. The Morgan fingerprint density at radius 2 is 1.83 bits per heavy atom. The average Bonchev–Trinajstić information content (AvgIpc) is 3.03. The number of aromatic nitrogens is 3. The molecule has 126 valence electrons. The average molecular weight is 346 g/mol. The van der Waals surface area contributed by atoms with Gasteiger partial charge in [-0.25, -0.2) is 4.98 Å². The molecule has 0 fully saturated rings. The maximum absolute atomic E-state index is 9.18. The van der Waals surface area contributed by atoms with Crippen molar-refractivity contribution < 1.29 is 9.52 Å². The van der Waals surface area contributed by atoms with E-state index in [2.05, 4.69) is 10.1 Å². The Morgan fingerprint density at radius 3 is 2.50 bits per heavy atom. The summed E-state index contributed by atoms with van der Waals surface area (Å²) < 4.78 is 7.82. The third-order valence-electron chi connectivity index (χ3n) is 4.13. The first-order valence-corrected chi connectivity index (χ1v) is 8.23. The number of aliphatic hydroxyl groups is 1. The molecule has 0 spiro atoms. The van der Waals surface area contributed by atoms with Gasteiger partial charge in [0.15, 0.2) is 5.76 Å². The Balaban J connectivity index is 1.88. The molecule has 0 bridgehead atoms. The number of hydrogen-bond acceptors (Lipinski definition) is 4. The van der Waals surface area contributed by atoms with Crippen LogP contribution in [0.1, 0.15) is 28.5 Å². The molecule has 0 amide bonds. The summed E-state index contributed by atoms with van der Waals surface area (Å²) in [5.74, 6) is 1.36. The molecule has 5 nitrogen and oxygen atoms in total. The smallest absolute Gasteiger partial charge is 0.216 e. The zero-order chi connectivity index (χ0) is 17.3. The molecule has 24 heavy (non-hydrogen) atoms. The van der Waals surface area contributed by atoms with E-state index in [1.54, 1.807) is 0 Å². The number of hydrogen-bond donors (Lipinski definition) is 1. The van der Waals surface area contributed by atoms with Crippen LogP contribution >= 0.6 is 11.6 Å². The number of benzene rings is 1. The summed E-state index contributed by atoms with van der Waals surface area (Å²) >= 11 is 5.94. The molecule has 3 aromatic rings. The number of rotatable bonds is 5. The van der Waals surface area contributed by atoms with Crippen molar-refractivity contribution in [3.05, 3.63) is 57.8 Å². The third-order valence-corrected chi connectivity index (χ3v) is 4.38. The van der Waals surface area contributed by atoms with Crippen molar-refractivity contribution in [1.29, 1.82) is 0 Å². The molecule has 0 aliphatic heterocycles. The van der Waals surface area contributed by atoms with E-state index >= 15 is 0 Å². The van der Waals surface area contributed by atoms with Gasteiger partial charge in [0.1, 0.15) is 6.54 Å². The lowest BCUT2D eigenvalue weighted by molar-refractivity contribution is 0.299. The van der Waals surface area contributed by atoms with E-state index < -0.39 is 0 Å². The van der Waals surface area contributed by atoms with Crippen LogP contribution in [0.3, 0.4) is 0 Å². The van der Waals surface area contributed by atoms with E-state index in [0.717, 1.165) is 34.0 Å². The maximum atomic E-state index is 9.18. The molecule has 0 aliphatic carbocycles. The van der Waals surface area contributed by atoms with Crippen molar-refractivity contribution in [3.8, 4) is 11.3 Å². The molecule has 0 radical (unpaired) electrons. The lowest BCUT2D eigenvalue weighted by Gasteiger charge is -2.02. The minimum Gasteiger partial charge on any atom is -0.438 e. The zero-order valence-corrected chi connectivity index (χ0v) is 14.8. The predicted molar refractivity (Wildman–Crippen MR) is 93.3 cm³/mol. The molecular weight excluding hydrogens is 326 g/mol. The van der Waals surface area contributed by atoms with E-state index in [9.17, 15) is 5.11 Å². The predicted octanol–water partition coefficient (Wildman–Crippen LogP) is 3.70. The standard InChI is InChI=1S/C18H20ClN3O2/c1-11-16(8-9-23)13(3)22(21-11)10-17-20-12(2)18(24-17)14-4-6-15(19)7-5-14/h4-7,23H,8-10H2,1-3H3. The van der Waals surface area contributed by atoms with Gasteiger partial charge < -0.3 is 9.52 Å². The van der Waals surface area contributed by atoms with Crippen LogP contribution in [0, 0.1) is 20.8 Å². The summed E-state index contributed by atoms with van der Waals surface area (Å²) in [4.78, 5) is 4.52. The van der Waals surface area contributed by atoms with Gasteiger partial charge in [-0.05, 0) is 57.0 Å². The van der Waals surface area contributed by atoms with Crippen molar-refractivity contribution in [2.45, 2.75) is 33.7 Å². The molecule has 0 atom stereocenters. The van der Waals surface area contributed by atoms with Gasteiger partial charge in [-0.2, -0.15) is 5.10 Å². The molecule has 0 saturated carbocycles. The van der Waals surface area contributed by atoms with Crippen LogP contribution in [-0.2, 0) is 13.0 Å². The molecule has 1 N–H and O–H groups in total. The SMILES string of the molecule is Cc1nc(Cn2nc(C)c(CCO)c2C)oc1-c1ccc(Cl)cc1. The Hall–Kier alpha value is -2.11. The van der Waals surface area contributed by atoms with Crippen molar-refractivity contribution >= 4 is 11.6 Å². The molecule has 1 aromatic carbocycles. The van der Waals surface area contributed by atoms with Gasteiger partial charge in [0.05, 0.1) is 11.4 Å². The molecule has 0 saturated heterocycles. The second-order valence-electron chi connectivity index (χ2n) is 5.81. The Bertz CT molecular complexity index is 850. The van der Waals surface area contributed by atoms with Crippen LogP contribution in [0.4, 0.5) is 0 Å². The molecule has 6 heteroatoms. The fraction of sp³-hybridized carbons (Fsp3) is 0.333. The number of aryl methyl sites for hydroxylation is 2. The molecule has 2 aromatic heterocycles. The van der Waals surface area contributed by atoms with Crippen molar-refractivity contribution in [2.24, 2.45) is 0 Å². The number of nitrogens with zero attached hydrogens (tertiary/aromatic N) is 3. The van der Waals surface area contributed by atoms with Gasteiger partial charge in [0.2, 0.25) is 5.89 Å². The van der Waals surface area contributed by atoms with Crippen LogP contribution in [0.25, 0.3) is 11.3 Å². The van der Waals surface area contributed by atoms with E-state index in [-0.39, 0.29) is 6.61 Å². The molecule has 0 aliphatic rings. The summed E-state index contributed by atoms with van der Waals surface area (Å²) in [5, 5.41) is 14.4. The highest BCUT2D eigenvalue weighted by molar-refractivity contribution is 6.30. The lowest BCUT2D eigenvalue weighted by Crippen LogP contribution is -2.05. The summed E-state index contributed by atoms with van der Waals surface area (Å²) in [6, 6.07) is 7.51. The zero-order valence-electron chi connectivity index (χ0n) is 14.0. The van der Waals surface area contributed by atoms with Gasteiger partial charge in [0, 0.05) is 22.9 Å². The number of halogens is 1. The first-order valence-electron chi connectivity index (χ1n) is 7.85. The highest BCUT2D eigenvalue weighted by Crippen LogP contribution is 2.26. The van der Waals surface area contributed by atoms with Gasteiger partial charge in [-0.15, -0.1) is 0 Å². The van der Waals surface area contributed by atoms with Gasteiger partial charge in [0.25, 0.3) is 0 Å². The topological polar surface area (TPSA) is 64.1 Å². The number of aliphatic hydroxyl groups excluding tert-OH is 1. The van der Waals surface area contributed by atoms with Gasteiger partial charge in [-0.3, -0.25) is 4.68 Å². The van der Waals surface area contributed by atoms with Crippen LogP contribution in [-0.4, -0.2) is 26.5 Å².